The van der Waals surface area contributed by atoms with Crippen molar-refractivity contribution in [2.24, 2.45) is 0 Å². The van der Waals surface area contributed by atoms with E-state index in [4.69, 9.17) is 19.3 Å². The predicted molar refractivity (Wildman–Crippen MR) is 126 cm³/mol. The summed E-state index contributed by atoms with van der Waals surface area (Å²) in [4.78, 5) is 11.6. The monoisotopic (exact) mass is 450 g/mol. The Kier molecular flexibility index (Phi) is 8.22. The van der Waals surface area contributed by atoms with Gasteiger partial charge in [-0.3, -0.25) is 0 Å². The Morgan fingerprint density at radius 3 is 2.27 bits per heavy atom. The van der Waals surface area contributed by atoms with E-state index in [1.807, 2.05) is 37.3 Å². The van der Waals surface area contributed by atoms with Crippen LogP contribution in [0.3, 0.4) is 0 Å². The molecule has 33 heavy (non-hydrogen) atoms. The molecule has 0 atom stereocenters. The zero-order valence-electron chi connectivity index (χ0n) is 18.8. The molecule has 0 fully saturated rings. The summed E-state index contributed by atoms with van der Waals surface area (Å²) >= 11 is 0. The van der Waals surface area contributed by atoms with Gasteiger partial charge in [0.25, 0.3) is 0 Å². The molecule has 0 unspecified atom stereocenters. The lowest BCUT2D eigenvalue weighted by Gasteiger charge is -2.15. The molecule has 0 aromatic heterocycles. The maximum absolute atomic E-state index is 14.6. The molecular formula is C27H27FO5. The van der Waals surface area contributed by atoms with Crippen LogP contribution in [0, 0.1) is 12.7 Å². The van der Waals surface area contributed by atoms with E-state index in [9.17, 15) is 9.18 Å². The first-order chi connectivity index (χ1) is 15.9. The highest BCUT2D eigenvalue weighted by atomic mass is 19.1. The normalized spacial score (nSPS) is 10.5. The number of aliphatic hydroxyl groups is 1. The van der Waals surface area contributed by atoms with E-state index in [0.717, 1.165) is 16.7 Å². The third kappa shape index (κ3) is 6.43. The summed E-state index contributed by atoms with van der Waals surface area (Å²) in [7, 11) is 0. The first kappa shape index (κ1) is 24.0. The number of halogens is 1. The molecule has 6 heteroatoms. The number of aryl methyl sites for hydroxylation is 1. The van der Waals surface area contributed by atoms with Crippen LogP contribution >= 0.6 is 0 Å². The molecule has 0 saturated carbocycles. The number of hydrogen-bond donors (Lipinski definition) is 1. The summed E-state index contributed by atoms with van der Waals surface area (Å²) in [5.74, 6) is 0.380. The van der Waals surface area contributed by atoms with E-state index in [1.54, 1.807) is 31.2 Å². The summed E-state index contributed by atoms with van der Waals surface area (Å²) in [6.45, 7) is 7.31. The van der Waals surface area contributed by atoms with Gasteiger partial charge in [0.05, 0.1) is 6.61 Å². The number of hydrogen-bond acceptors (Lipinski definition) is 5. The third-order valence-electron chi connectivity index (χ3n) is 4.87. The van der Waals surface area contributed by atoms with Crippen LogP contribution in [-0.2, 0) is 9.53 Å². The Hall–Kier alpha value is -3.64. The average molecular weight is 451 g/mol. The van der Waals surface area contributed by atoms with Gasteiger partial charge < -0.3 is 19.3 Å². The summed E-state index contributed by atoms with van der Waals surface area (Å²) in [6.07, 6.45) is 0. The number of aliphatic hydroxyl groups excluding tert-OH is 1. The topological polar surface area (TPSA) is 65.0 Å². The maximum Gasteiger partial charge on any atom is 0.333 e. The highest BCUT2D eigenvalue weighted by Crippen LogP contribution is 2.36. The van der Waals surface area contributed by atoms with Gasteiger partial charge in [0.1, 0.15) is 37.1 Å². The van der Waals surface area contributed by atoms with Crippen molar-refractivity contribution < 1.29 is 28.5 Å². The minimum Gasteiger partial charge on any atom is -0.491 e. The molecule has 0 spiro atoms. The first-order valence-corrected chi connectivity index (χ1v) is 10.6. The number of carbonyl (C=O) groups excluding carboxylic acids is 1. The Morgan fingerprint density at radius 1 is 0.909 bits per heavy atom. The molecule has 172 valence electrons. The van der Waals surface area contributed by atoms with Gasteiger partial charge in [0.2, 0.25) is 0 Å². The van der Waals surface area contributed by atoms with Crippen LogP contribution < -0.4 is 9.47 Å². The molecule has 0 aliphatic carbocycles. The minimum absolute atomic E-state index is 0.0577. The van der Waals surface area contributed by atoms with Crippen molar-refractivity contribution in [3.8, 4) is 33.8 Å². The van der Waals surface area contributed by atoms with Crippen LogP contribution in [0.15, 0.2) is 72.8 Å². The van der Waals surface area contributed by atoms with Crippen molar-refractivity contribution in [3.05, 3.63) is 84.2 Å². The third-order valence-corrected chi connectivity index (χ3v) is 4.87. The molecule has 0 radical (unpaired) electrons. The van der Waals surface area contributed by atoms with E-state index < -0.39 is 5.97 Å². The Bertz CT molecular complexity index is 1120. The Labute approximate surface area is 193 Å². The van der Waals surface area contributed by atoms with Crippen LogP contribution in [0.25, 0.3) is 22.3 Å². The second kappa shape index (κ2) is 11.3. The van der Waals surface area contributed by atoms with Gasteiger partial charge in [-0.25, -0.2) is 9.18 Å². The highest BCUT2D eigenvalue weighted by Gasteiger charge is 2.13. The van der Waals surface area contributed by atoms with E-state index in [0.29, 0.717) is 28.2 Å². The van der Waals surface area contributed by atoms with Crippen LogP contribution in [0.2, 0.25) is 0 Å². The van der Waals surface area contributed by atoms with E-state index in [2.05, 4.69) is 6.58 Å². The molecule has 3 aromatic carbocycles. The first-order valence-electron chi connectivity index (χ1n) is 10.6. The molecule has 3 rings (SSSR count). The number of benzene rings is 3. The van der Waals surface area contributed by atoms with Gasteiger partial charge in [-0.15, -0.1) is 0 Å². The fraction of sp³-hybridized carbons (Fsp3) is 0.222. The fourth-order valence-electron chi connectivity index (χ4n) is 3.21. The lowest BCUT2D eigenvalue weighted by atomic mass is 9.98. The quantitative estimate of drug-likeness (QED) is 0.257. The predicted octanol–water partition coefficient (Wildman–Crippen LogP) is 5.34. The lowest BCUT2D eigenvalue weighted by Crippen LogP contribution is -2.12. The molecule has 3 aromatic rings. The fourth-order valence-corrected chi connectivity index (χ4v) is 3.21. The second-order valence-corrected chi connectivity index (χ2v) is 7.56. The standard InChI is InChI=1S/C27H27FO5/c1-18(2)27(30)33-15-14-32-26-17-21(23-10-4-19(3)16-25(23)28)7-11-24(26)20-5-8-22(9-6-20)31-13-12-29/h4-11,16-17,29H,1,12-15H2,2-3H3. The average Bonchev–Trinajstić information content (AvgIpc) is 2.80. The van der Waals surface area contributed by atoms with Crippen LogP contribution in [0.5, 0.6) is 11.5 Å². The van der Waals surface area contributed by atoms with E-state index in [-0.39, 0.29) is 32.2 Å². The van der Waals surface area contributed by atoms with Crippen LogP contribution in [-0.4, -0.2) is 37.5 Å². The van der Waals surface area contributed by atoms with E-state index in [1.165, 1.54) is 6.07 Å². The van der Waals surface area contributed by atoms with Crippen LogP contribution in [0.4, 0.5) is 4.39 Å². The van der Waals surface area contributed by atoms with Crippen molar-refractivity contribution in [1.82, 2.24) is 0 Å². The Morgan fingerprint density at radius 2 is 1.61 bits per heavy atom. The summed E-state index contributed by atoms with van der Waals surface area (Å²) < 4.78 is 31.0. The molecule has 0 aliphatic heterocycles. The van der Waals surface area contributed by atoms with Crippen molar-refractivity contribution in [3.63, 3.8) is 0 Å². The molecular weight excluding hydrogens is 423 g/mol. The molecule has 0 amide bonds. The van der Waals surface area contributed by atoms with Gasteiger partial charge in [0, 0.05) is 16.7 Å². The zero-order valence-corrected chi connectivity index (χ0v) is 18.8. The van der Waals surface area contributed by atoms with Crippen LogP contribution in [0.1, 0.15) is 12.5 Å². The largest absolute Gasteiger partial charge is 0.491 e. The molecule has 0 saturated heterocycles. The van der Waals surface area contributed by atoms with Gasteiger partial charge in [0.15, 0.2) is 0 Å². The number of carbonyl (C=O) groups is 1. The van der Waals surface area contributed by atoms with E-state index >= 15 is 0 Å². The molecule has 1 N–H and O–H groups in total. The summed E-state index contributed by atoms with van der Waals surface area (Å²) in [5.41, 5.74) is 3.97. The van der Waals surface area contributed by atoms with Gasteiger partial charge >= 0.3 is 5.97 Å². The Balaban J connectivity index is 1.89. The van der Waals surface area contributed by atoms with Crippen molar-refractivity contribution in [1.29, 1.82) is 0 Å². The summed E-state index contributed by atoms with van der Waals surface area (Å²) in [5, 5.41) is 8.91. The lowest BCUT2D eigenvalue weighted by molar-refractivity contribution is -0.139. The smallest absolute Gasteiger partial charge is 0.333 e. The SMILES string of the molecule is C=C(C)C(=O)OCCOc1cc(-c2ccc(C)cc2F)ccc1-c1ccc(OCCO)cc1. The zero-order chi connectivity index (χ0) is 23.8. The maximum atomic E-state index is 14.6. The highest BCUT2D eigenvalue weighted by molar-refractivity contribution is 5.86. The van der Waals surface area contributed by atoms with Crippen molar-refractivity contribution in [2.45, 2.75) is 13.8 Å². The summed E-state index contributed by atoms with van der Waals surface area (Å²) in [6, 6.07) is 17.9. The second-order valence-electron chi connectivity index (χ2n) is 7.56. The van der Waals surface area contributed by atoms with Crippen molar-refractivity contribution >= 4 is 5.97 Å². The molecule has 0 bridgehead atoms. The number of ether oxygens (including phenoxy) is 3. The molecule has 0 heterocycles. The minimum atomic E-state index is -0.479. The van der Waals surface area contributed by atoms with Gasteiger partial charge in [-0.2, -0.15) is 0 Å². The van der Waals surface area contributed by atoms with Gasteiger partial charge in [-0.1, -0.05) is 43.0 Å². The molecule has 5 nitrogen and oxygen atoms in total. The number of rotatable bonds is 10. The van der Waals surface area contributed by atoms with Crippen molar-refractivity contribution in [2.75, 3.05) is 26.4 Å². The number of esters is 1. The molecule has 0 aliphatic rings. The van der Waals surface area contributed by atoms with Gasteiger partial charge in [-0.05, 0) is 54.8 Å².